The van der Waals surface area contributed by atoms with Crippen molar-refractivity contribution in [2.24, 2.45) is 11.8 Å². The van der Waals surface area contributed by atoms with Gasteiger partial charge in [0.15, 0.2) is 0 Å². The van der Waals surface area contributed by atoms with Crippen molar-refractivity contribution in [1.29, 1.82) is 0 Å². The van der Waals surface area contributed by atoms with Crippen molar-refractivity contribution in [2.45, 2.75) is 117 Å². The summed E-state index contributed by atoms with van der Waals surface area (Å²) in [5.74, 6) is 0.160. The number of cyclic esters (lactones) is 2. The Hall–Kier alpha value is -0.860. The molecule has 0 radical (unpaired) electrons. The fraction of sp³-hybridized carbons (Fsp3) is 0.909. The number of hydrogen-bond acceptors (Lipinski definition) is 3. The second-order valence-electron chi connectivity index (χ2n) is 7.87. The van der Waals surface area contributed by atoms with E-state index in [9.17, 15) is 9.59 Å². The van der Waals surface area contributed by atoms with Crippen LogP contribution in [0.4, 0.5) is 0 Å². The van der Waals surface area contributed by atoms with Gasteiger partial charge in [-0.3, -0.25) is 9.59 Å². The van der Waals surface area contributed by atoms with E-state index in [1.54, 1.807) is 0 Å². The van der Waals surface area contributed by atoms with Crippen molar-refractivity contribution < 1.29 is 14.3 Å². The molecule has 1 heterocycles. The summed E-state index contributed by atoms with van der Waals surface area (Å²) in [6, 6.07) is 0. The van der Waals surface area contributed by atoms with E-state index in [0.29, 0.717) is 6.42 Å². The zero-order chi connectivity index (χ0) is 18.3. The molecule has 3 nitrogen and oxygen atoms in total. The summed E-state index contributed by atoms with van der Waals surface area (Å²) >= 11 is 0. The summed E-state index contributed by atoms with van der Waals surface area (Å²) in [6.07, 6.45) is 19.8. The van der Waals surface area contributed by atoms with Gasteiger partial charge >= 0.3 is 11.9 Å². The van der Waals surface area contributed by atoms with Gasteiger partial charge in [-0.15, -0.1) is 0 Å². The summed E-state index contributed by atoms with van der Waals surface area (Å²) in [7, 11) is 0. The number of esters is 2. The Kier molecular flexibility index (Phi) is 12.7. The first kappa shape index (κ1) is 22.2. The Morgan fingerprint density at radius 3 is 1.92 bits per heavy atom. The molecule has 1 fully saturated rings. The normalized spacial score (nSPS) is 18.6. The summed E-state index contributed by atoms with van der Waals surface area (Å²) in [5.41, 5.74) is 0. The first-order valence-corrected chi connectivity index (χ1v) is 10.9. The van der Waals surface area contributed by atoms with Gasteiger partial charge in [0.1, 0.15) is 0 Å². The Morgan fingerprint density at radius 1 is 0.840 bits per heavy atom. The molecule has 2 atom stereocenters. The molecule has 0 N–H and O–H groups in total. The highest BCUT2D eigenvalue weighted by molar-refractivity contribution is 5.94. The van der Waals surface area contributed by atoms with Crippen LogP contribution in [0.1, 0.15) is 117 Å². The predicted molar refractivity (Wildman–Crippen MR) is 103 cm³/mol. The molecule has 146 valence electrons. The third kappa shape index (κ3) is 10.7. The maximum Gasteiger partial charge on any atom is 0.317 e. The predicted octanol–water partition coefficient (Wildman–Crippen LogP) is 6.58. The lowest BCUT2D eigenvalue weighted by Gasteiger charge is -2.14. The number of carbonyl (C=O) groups is 2. The van der Waals surface area contributed by atoms with E-state index in [2.05, 4.69) is 18.6 Å². The number of rotatable bonds is 16. The van der Waals surface area contributed by atoms with Crippen LogP contribution in [-0.4, -0.2) is 11.9 Å². The summed E-state index contributed by atoms with van der Waals surface area (Å²) in [4.78, 5) is 22.4. The molecule has 0 aliphatic carbocycles. The molecular formula is C22H40O3. The van der Waals surface area contributed by atoms with E-state index in [1.165, 1.54) is 83.5 Å². The molecular weight excluding hydrogens is 312 g/mol. The van der Waals surface area contributed by atoms with E-state index in [1.807, 2.05) is 0 Å². The lowest BCUT2D eigenvalue weighted by Crippen LogP contribution is -2.06. The van der Waals surface area contributed by atoms with Crippen LogP contribution >= 0.6 is 0 Å². The van der Waals surface area contributed by atoms with Crippen molar-refractivity contribution in [2.75, 3.05) is 0 Å². The second kappa shape index (κ2) is 14.3. The van der Waals surface area contributed by atoms with E-state index in [0.717, 1.165) is 18.8 Å². The van der Waals surface area contributed by atoms with Gasteiger partial charge in [0.25, 0.3) is 0 Å². The fourth-order valence-electron chi connectivity index (χ4n) is 3.86. The van der Waals surface area contributed by atoms with Crippen molar-refractivity contribution in [3.8, 4) is 0 Å². The molecule has 0 aromatic heterocycles. The average Bonchev–Trinajstić information content (AvgIpc) is 2.92. The largest absolute Gasteiger partial charge is 0.393 e. The zero-order valence-corrected chi connectivity index (χ0v) is 16.7. The van der Waals surface area contributed by atoms with Gasteiger partial charge in [0.2, 0.25) is 0 Å². The molecule has 25 heavy (non-hydrogen) atoms. The van der Waals surface area contributed by atoms with Gasteiger partial charge in [-0.05, 0) is 12.3 Å². The lowest BCUT2D eigenvalue weighted by molar-refractivity contribution is -0.153. The van der Waals surface area contributed by atoms with Crippen LogP contribution in [0.15, 0.2) is 0 Å². The maximum atomic E-state index is 11.4. The zero-order valence-electron chi connectivity index (χ0n) is 16.7. The molecule has 0 aromatic rings. The Bertz CT molecular complexity index is 364. The third-order valence-electron chi connectivity index (χ3n) is 5.67. The van der Waals surface area contributed by atoms with Gasteiger partial charge in [0, 0.05) is 0 Å². The molecule has 3 heteroatoms. The smallest absolute Gasteiger partial charge is 0.317 e. The van der Waals surface area contributed by atoms with Crippen LogP contribution in [0, 0.1) is 11.8 Å². The number of ether oxygens (including phenoxy) is 1. The third-order valence-corrected chi connectivity index (χ3v) is 5.67. The molecule has 0 amide bonds. The number of carbonyl (C=O) groups excluding carboxylic acids is 2. The van der Waals surface area contributed by atoms with E-state index >= 15 is 0 Å². The average molecular weight is 353 g/mol. The van der Waals surface area contributed by atoms with Crippen molar-refractivity contribution >= 4 is 11.9 Å². The standard InChI is InChI=1S/C22H40O3/c1-3-5-12-15-19(4-2)16-13-10-8-6-7-9-11-14-17-20-18-21(23)25-22(20)24/h19-20H,3-18H2,1-2H3. The molecule has 1 aliphatic rings. The maximum absolute atomic E-state index is 11.4. The van der Waals surface area contributed by atoms with Crippen molar-refractivity contribution in [3.63, 3.8) is 0 Å². The van der Waals surface area contributed by atoms with Crippen LogP contribution < -0.4 is 0 Å². The number of unbranched alkanes of at least 4 members (excludes halogenated alkanes) is 9. The monoisotopic (exact) mass is 352 g/mol. The highest BCUT2D eigenvalue weighted by atomic mass is 16.6. The molecule has 0 spiro atoms. The highest BCUT2D eigenvalue weighted by Gasteiger charge is 2.32. The quantitative estimate of drug-likeness (QED) is 0.179. The van der Waals surface area contributed by atoms with Crippen LogP contribution in [0.2, 0.25) is 0 Å². The molecule has 1 rings (SSSR count). The molecule has 0 saturated carbocycles. The van der Waals surface area contributed by atoms with Crippen LogP contribution in [0.3, 0.4) is 0 Å². The van der Waals surface area contributed by atoms with Gasteiger partial charge in [-0.1, -0.05) is 104 Å². The Balaban J connectivity index is 1.85. The van der Waals surface area contributed by atoms with Crippen molar-refractivity contribution in [3.05, 3.63) is 0 Å². The fourth-order valence-corrected chi connectivity index (χ4v) is 3.86. The number of hydrogen-bond donors (Lipinski definition) is 0. The minimum Gasteiger partial charge on any atom is -0.393 e. The van der Waals surface area contributed by atoms with E-state index in [-0.39, 0.29) is 17.9 Å². The molecule has 2 unspecified atom stereocenters. The molecule has 0 aromatic carbocycles. The minimum absolute atomic E-state index is 0.156. The van der Waals surface area contributed by atoms with Gasteiger partial charge in [-0.2, -0.15) is 0 Å². The van der Waals surface area contributed by atoms with Gasteiger partial charge < -0.3 is 4.74 Å². The summed E-state index contributed by atoms with van der Waals surface area (Å²) < 4.78 is 4.58. The first-order chi connectivity index (χ1) is 12.2. The Morgan fingerprint density at radius 2 is 1.40 bits per heavy atom. The minimum atomic E-state index is -0.342. The lowest BCUT2D eigenvalue weighted by atomic mass is 9.92. The van der Waals surface area contributed by atoms with Crippen LogP contribution in [0.25, 0.3) is 0 Å². The summed E-state index contributed by atoms with van der Waals surface area (Å²) in [6.45, 7) is 4.63. The first-order valence-electron chi connectivity index (χ1n) is 10.9. The summed E-state index contributed by atoms with van der Waals surface area (Å²) in [5, 5.41) is 0. The Labute approximate surface area is 155 Å². The van der Waals surface area contributed by atoms with E-state index < -0.39 is 0 Å². The van der Waals surface area contributed by atoms with Crippen LogP contribution in [-0.2, 0) is 14.3 Å². The molecule has 1 saturated heterocycles. The van der Waals surface area contributed by atoms with E-state index in [4.69, 9.17) is 0 Å². The second-order valence-corrected chi connectivity index (χ2v) is 7.87. The molecule has 0 bridgehead atoms. The highest BCUT2D eigenvalue weighted by Crippen LogP contribution is 2.23. The SMILES string of the molecule is CCCCCC(CC)CCCCCCCCCCC1CC(=O)OC1=O. The van der Waals surface area contributed by atoms with Crippen molar-refractivity contribution in [1.82, 2.24) is 0 Å². The molecule has 1 aliphatic heterocycles. The topological polar surface area (TPSA) is 43.4 Å². The van der Waals surface area contributed by atoms with Crippen LogP contribution in [0.5, 0.6) is 0 Å². The van der Waals surface area contributed by atoms with Gasteiger partial charge in [-0.25, -0.2) is 0 Å². The van der Waals surface area contributed by atoms with Gasteiger partial charge in [0.05, 0.1) is 12.3 Å².